The maximum absolute atomic E-state index is 6.49. The van der Waals surface area contributed by atoms with Crippen LogP contribution in [0.4, 0.5) is 0 Å². The molecule has 2 N–H and O–H groups in total. The first-order valence-corrected chi connectivity index (χ1v) is 8.18. The zero-order valence-electron chi connectivity index (χ0n) is 13.3. The highest BCUT2D eigenvalue weighted by atomic mass is 15.2. The van der Waals surface area contributed by atoms with E-state index in [4.69, 9.17) is 5.73 Å². The van der Waals surface area contributed by atoms with Crippen LogP contribution >= 0.6 is 0 Å². The fraction of sp³-hybridized carbons (Fsp3) is 0.667. The smallest absolute Gasteiger partial charge is 0.0501 e. The van der Waals surface area contributed by atoms with Crippen LogP contribution in [0.1, 0.15) is 56.7 Å². The molecule has 1 aliphatic rings. The molecule has 1 aromatic rings. The summed E-state index contributed by atoms with van der Waals surface area (Å²) >= 11 is 0. The van der Waals surface area contributed by atoms with Crippen molar-refractivity contribution in [3.63, 3.8) is 0 Å². The average molecular weight is 274 g/mol. The van der Waals surface area contributed by atoms with Gasteiger partial charge in [-0.25, -0.2) is 0 Å². The highest BCUT2D eigenvalue weighted by Crippen LogP contribution is 2.30. The molecule has 1 aromatic carbocycles. The van der Waals surface area contributed by atoms with Gasteiger partial charge in [0.2, 0.25) is 0 Å². The fourth-order valence-corrected chi connectivity index (χ4v) is 3.40. The van der Waals surface area contributed by atoms with E-state index in [0.29, 0.717) is 6.04 Å². The third-order valence-corrected chi connectivity index (χ3v) is 4.83. The second kappa shape index (κ2) is 7.24. The van der Waals surface area contributed by atoms with E-state index in [-0.39, 0.29) is 6.04 Å². The molecule has 2 nitrogen and oxygen atoms in total. The number of hydrogen-bond acceptors (Lipinski definition) is 2. The third-order valence-electron chi connectivity index (χ3n) is 4.83. The molecule has 2 heteroatoms. The first kappa shape index (κ1) is 15.5. The van der Waals surface area contributed by atoms with Crippen molar-refractivity contribution in [2.75, 3.05) is 13.1 Å². The van der Waals surface area contributed by atoms with Crippen LogP contribution in [0.15, 0.2) is 24.3 Å². The van der Waals surface area contributed by atoms with Gasteiger partial charge in [-0.15, -0.1) is 0 Å². The maximum Gasteiger partial charge on any atom is 0.0501 e. The number of aryl methyl sites for hydroxylation is 1. The van der Waals surface area contributed by atoms with Gasteiger partial charge in [0.15, 0.2) is 0 Å². The summed E-state index contributed by atoms with van der Waals surface area (Å²) in [6.45, 7) is 9.18. The minimum absolute atomic E-state index is 0.226. The van der Waals surface area contributed by atoms with Gasteiger partial charge in [0.25, 0.3) is 0 Å². The van der Waals surface area contributed by atoms with E-state index in [0.717, 1.165) is 12.3 Å². The molecule has 0 amide bonds. The van der Waals surface area contributed by atoms with Crippen molar-refractivity contribution in [2.24, 2.45) is 11.7 Å². The largest absolute Gasteiger partial charge is 0.326 e. The third kappa shape index (κ3) is 3.62. The van der Waals surface area contributed by atoms with E-state index >= 15 is 0 Å². The van der Waals surface area contributed by atoms with Gasteiger partial charge in [0.1, 0.15) is 0 Å². The van der Waals surface area contributed by atoms with Gasteiger partial charge in [0.05, 0.1) is 6.04 Å². The minimum Gasteiger partial charge on any atom is -0.326 e. The Bertz CT molecular complexity index is 416. The molecule has 0 saturated carbocycles. The van der Waals surface area contributed by atoms with Gasteiger partial charge >= 0.3 is 0 Å². The zero-order chi connectivity index (χ0) is 14.5. The van der Waals surface area contributed by atoms with Gasteiger partial charge < -0.3 is 5.73 Å². The summed E-state index contributed by atoms with van der Waals surface area (Å²) in [5.41, 5.74) is 9.29. The molecule has 20 heavy (non-hydrogen) atoms. The Kier molecular flexibility index (Phi) is 5.62. The number of nitrogens with two attached hydrogens (primary N) is 1. The van der Waals surface area contributed by atoms with Crippen molar-refractivity contribution in [1.29, 1.82) is 0 Å². The van der Waals surface area contributed by atoms with Crippen molar-refractivity contribution in [3.05, 3.63) is 35.4 Å². The molecular formula is C18H30N2. The van der Waals surface area contributed by atoms with Crippen molar-refractivity contribution in [3.8, 4) is 0 Å². The normalized spacial score (nSPS) is 24.1. The van der Waals surface area contributed by atoms with Crippen molar-refractivity contribution < 1.29 is 0 Å². The molecule has 112 valence electrons. The van der Waals surface area contributed by atoms with E-state index in [1.807, 2.05) is 0 Å². The SMILES string of the molecule is CCC(N)C(c1ccccc1C)N1CCCC(C)CC1. The lowest BCUT2D eigenvalue weighted by molar-refractivity contribution is 0.173. The first-order chi connectivity index (χ1) is 9.63. The van der Waals surface area contributed by atoms with Crippen LogP contribution in [0, 0.1) is 12.8 Å². The fourth-order valence-electron chi connectivity index (χ4n) is 3.40. The van der Waals surface area contributed by atoms with E-state index in [1.165, 1.54) is 43.5 Å². The molecule has 3 unspecified atom stereocenters. The van der Waals surface area contributed by atoms with E-state index in [9.17, 15) is 0 Å². The standard InChI is InChI=1S/C18H30N2/c1-4-17(19)18(16-10-6-5-9-15(16)3)20-12-7-8-14(2)11-13-20/h5-6,9-10,14,17-18H,4,7-8,11-13,19H2,1-3H3. The van der Waals surface area contributed by atoms with Crippen LogP contribution < -0.4 is 5.73 Å². The highest BCUT2D eigenvalue weighted by Gasteiger charge is 2.28. The van der Waals surface area contributed by atoms with Crippen molar-refractivity contribution in [2.45, 2.75) is 58.5 Å². The number of likely N-dealkylation sites (tertiary alicyclic amines) is 1. The monoisotopic (exact) mass is 274 g/mol. The van der Waals surface area contributed by atoms with Gasteiger partial charge in [0, 0.05) is 6.04 Å². The Morgan fingerprint density at radius 1 is 1.25 bits per heavy atom. The zero-order valence-corrected chi connectivity index (χ0v) is 13.3. The van der Waals surface area contributed by atoms with Gasteiger partial charge in [-0.2, -0.15) is 0 Å². The lowest BCUT2D eigenvalue weighted by Crippen LogP contribution is -2.41. The number of hydrogen-bond donors (Lipinski definition) is 1. The van der Waals surface area contributed by atoms with Crippen LogP contribution in [-0.2, 0) is 0 Å². The van der Waals surface area contributed by atoms with Crippen LogP contribution in [0.5, 0.6) is 0 Å². The molecule has 2 rings (SSSR count). The van der Waals surface area contributed by atoms with Crippen LogP contribution in [0.25, 0.3) is 0 Å². The molecule has 1 aliphatic heterocycles. The predicted octanol–water partition coefficient (Wildman–Crippen LogP) is 3.90. The Balaban J connectivity index is 2.26. The van der Waals surface area contributed by atoms with E-state index < -0.39 is 0 Å². The molecule has 0 aromatic heterocycles. The second-order valence-electron chi connectivity index (χ2n) is 6.45. The Morgan fingerprint density at radius 2 is 2.00 bits per heavy atom. The lowest BCUT2D eigenvalue weighted by Gasteiger charge is -2.36. The van der Waals surface area contributed by atoms with Crippen LogP contribution in [0.2, 0.25) is 0 Å². The Hall–Kier alpha value is -0.860. The Morgan fingerprint density at radius 3 is 2.70 bits per heavy atom. The quantitative estimate of drug-likeness (QED) is 0.902. The van der Waals surface area contributed by atoms with Gasteiger partial charge in [-0.3, -0.25) is 4.90 Å². The van der Waals surface area contributed by atoms with Gasteiger partial charge in [-0.05, 0) is 62.7 Å². The van der Waals surface area contributed by atoms with Crippen molar-refractivity contribution >= 4 is 0 Å². The molecule has 0 spiro atoms. The first-order valence-electron chi connectivity index (χ1n) is 8.18. The number of rotatable bonds is 4. The topological polar surface area (TPSA) is 29.3 Å². The minimum atomic E-state index is 0.226. The summed E-state index contributed by atoms with van der Waals surface area (Å²) in [7, 11) is 0. The molecule has 0 aliphatic carbocycles. The number of nitrogens with zero attached hydrogens (tertiary/aromatic N) is 1. The summed E-state index contributed by atoms with van der Waals surface area (Å²) in [5.74, 6) is 0.857. The molecule has 0 radical (unpaired) electrons. The summed E-state index contributed by atoms with van der Waals surface area (Å²) in [6, 6.07) is 9.36. The van der Waals surface area contributed by atoms with E-state index in [1.54, 1.807) is 0 Å². The van der Waals surface area contributed by atoms with Crippen LogP contribution in [0.3, 0.4) is 0 Å². The van der Waals surface area contributed by atoms with E-state index in [2.05, 4.69) is 49.9 Å². The molecule has 3 atom stereocenters. The Labute approximate surface area is 124 Å². The molecular weight excluding hydrogens is 244 g/mol. The highest BCUT2D eigenvalue weighted by molar-refractivity contribution is 5.30. The average Bonchev–Trinajstić information content (AvgIpc) is 2.66. The second-order valence-corrected chi connectivity index (χ2v) is 6.45. The summed E-state index contributed by atoms with van der Waals surface area (Å²) < 4.78 is 0. The lowest BCUT2D eigenvalue weighted by atomic mass is 9.92. The maximum atomic E-state index is 6.49. The molecule has 1 saturated heterocycles. The molecule has 1 fully saturated rings. The molecule has 0 bridgehead atoms. The summed E-state index contributed by atoms with van der Waals surface area (Å²) in [5, 5.41) is 0. The summed E-state index contributed by atoms with van der Waals surface area (Å²) in [4.78, 5) is 2.64. The predicted molar refractivity (Wildman–Crippen MR) is 86.8 cm³/mol. The number of benzene rings is 1. The molecule has 1 heterocycles. The van der Waals surface area contributed by atoms with Gasteiger partial charge in [-0.1, -0.05) is 38.1 Å². The van der Waals surface area contributed by atoms with Crippen LogP contribution in [-0.4, -0.2) is 24.0 Å². The summed E-state index contributed by atoms with van der Waals surface area (Å²) in [6.07, 6.45) is 5.00. The van der Waals surface area contributed by atoms with Crippen molar-refractivity contribution in [1.82, 2.24) is 4.90 Å².